The second-order valence-electron chi connectivity index (χ2n) is 3.75. The van der Waals surface area contributed by atoms with Gasteiger partial charge in [0.25, 0.3) is 5.24 Å². The third kappa shape index (κ3) is 2.02. The van der Waals surface area contributed by atoms with E-state index in [4.69, 9.17) is 11.6 Å². The van der Waals surface area contributed by atoms with Gasteiger partial charge in [-0.05, 0) is 30.5 Å². The molecule has 0 spiro atoms. The molecule has 0 saturated carbocycles. The molecule has 1 aliphatic rings. The van der Waals surface area contributed by atoms with Crippen molar-refractivity contribution in [2.75, 3.05) is 18.0 Å². The van der Waals surface area contributed by atoms with Crippen LogP contribution in [0.4, 0.5) is 14.5 Å². The minimum absolute atomic E-state index is 0.205. The Balaban J connectivity index is 2.40. The molecule has 0 N–H and O–H groups in total. The molecule has 86 valence electrons. The number of nitrogens with zero attached hydrogens (tertiary/aromatic N) is 1. The number of carbonyl (C=O) groups excluding carboxylic acids is 1. The first kappa shape index (κ1) is 11.3. The van der Waals surface area contributed by atoms with Gasteiger partial charge in [0.2, 0.25) is 0 Å². The molecule has 0 atom stereocenters. The average molecular weight is 246 g/mol. The molecular weight excluding hydrogens is 236 g/mol. The Kier molecular flexibility index (Phi) is 3.10. The molecule has 0 aromatic heterocycles. The van der Waals surface area contributed by atoms with E-state index in [1.807, 2.05) is 0 Å². The van der Waals surface area contributed by atoms with Crippen LogP contribution in [0.5, 0.6) is 0 Å². The Morgan fingerprint density at radius 1 is 1.19 bits per heavy atom. The molecular formula is C11H10ClF2NO. The average Bonchev–Trinajstić information content (AvgIpc) is 2.73. The molecule has 1 aliphatic heterocycles. The molecule has 0 amide bonds. The molecule has 2 nitrogen and oxygen atoms in total. The van der Waals surface area contributed by atoms with Gasteiger partial charge in [-0.1, -0.05) is 0 Å². The first-order chi connectivity index (χ1) is 7.59. The number of rotatable bonds is 2. The normalized spacial score (nSPS) is 15.6. The van der Waals surface area contributed by atoms with Crippen molar-refractivity contribution in [1.29, 1.82) is 0 Å². The summed E-state index contributed by atoms with van der Waals surface area (Å²) in [6, 6.07) is 1.90. The van der Waals surface area contributed by atoms with Crippen LogP contribution < -0.4 is 4.90 Å². The van der Waals surface area contributed by atoms with Crippen molar-refractivity contribution in [2.24, 2.45) is 0 Å². The third-order valence-electron chi connectivity index (χ3n) is 2.70. The van der Waals surface area contributed by atoms with E-state index in [0.717, 1.165) is 25.0 Å². The summed E-state index contributed by atoms with van der Waals surface area (Å²) in [4.78, 5) is 12.6. The zero-order valence-electron chi connectivity index (χ0n) is 8.47. The van der Waals surface area contributed by atoms with Crippen LogP contribution in [0.3, 0.4) is 0 Å². The number of halogens is 3. The quantitative estimate of drug-likeness (QED) is 0.747. The summed E-state index contributed by atoms with van der Waals surface area (Å²) in [5, 5.41) is -0.982. The second kappa shape index (κ2) is 4.37. The largest absolute Gasteiger partial charge is 0.369 e. The van der Waals surface area contributed by atoms with Crippen LogP contribution in [0.2, 0.25) is 0 Å². The fourth-order valence-corrected chi connectivity index (χ4v) is 2.03. The highest BCUT2D eigenvalue weighted by atomic mass is 35.5. The SMILES string of the molecule is O=C(Cl)c1cc(F)c(N2CCCC2)cc1F. The molecule has 16 heavy (non-hydrogen) atoms. The minimum Gasteiger partial charge on any atom is -0.369 e. The van der Waals surface area contributed by atoms with Crippen LogP contribution in [0.15, 0.2) is 12.1 Å². The standard InChI is InChI=1S/C11H10ClF2NO/c12-11(16)7-5-9(14)10(6-8(7)13)15-3-1-2-4-15/h5-6H,1-4H2. The Labute approximate surface area is 96.8 Å². The van der Waals surface area contributed by atoms with Gasteiger partial charge in [0.15, 0.2) is 0 Å². The molecule has 2 rings (SSSR count). The van der Waals surface area contributed by atoms with Gasteiger partial charge in [-0.2, -0.15) is 0 Å². The summed E-state index contributed by atoms with van der Waals surface area (Å²) in [6.07, 6.45) is 1.94. The summed E-state index contributed by atoms with van der Waals surface area (Å²) in [6.45, 7) is 1.43. The molecule has 1 saturated heterocycles. The fraction of sp³-hybridized carbons (Fsp3) is 0.364. The zero-order chi connectivity index (χ0) is 11.7. The third-order valence-corrected chi connectivity index (χ3v) is 2.90. The van der Waals surface area contributed by atoms with E-state index in [1.165, 1.54) is 0 Å². The lowest BCUT2D eigenvalue weighted by Gasteiger charge is -2.18. The second-order valence-corrected chi connectivity index (χ2v) is 4.09. The Morgan fingerprint density at radius 3 is 2.38 bits per heavy atom. The number of anilines is 1. The van der Waals surface area contributed by atoms with Crippen molar-refractivity contribution in [3.8, 4) is 0 Å². The highest BCUT2D eigenvalue weighted by Gasteiger charge is 2.20. The van der Waals surface area contributed by atoms with Crippen molar-refractivity contribution < 1.29 is 13.6 Å². The maximum absolute atomic E-state index is 13.6. The molecule has 5 heteroatoms. The summed E-state index contributed by atoms with van der Waals surface area (Å²) in [5.74, 6) is -1.38. The van der Waals surface area contributed by atoms with E-state index in [9.17, 15) is 13.6 Å². The Hall–Kier alpha value is -1.16. The first-order valence-electron chi connectivity index (χ1n) is 5.03. The monoisotopic (exact) mass is 245 g/mol. The maximum Gasteiger partial charge on any atom is 0.255 e. The highest BCUT2D eigenvalue weighted by molar-refractivity contribution is 6.67. The van der Waals surface area contributed by atoms with Crippen LogP contribution in [0, 0.1) is 11.6 Å². The van der Waals surface area contributed by atoms with Crippen molar-refractivity contribution >= 4 is 22.5 Å². The van der Waals surface area contributed by atoms with Crippen LogP contribution in [-0.4, -0.2) is 18.3 Å². The summed E-state index contributed by atoms with van der Waals surface area (Å²) in [7, 11) is 0. The summed E-state index contributed by atoms with van der Waals surface area (Å²) < 4.78 is 27.1. The van der Waals surface area contributed by atoms with Gasteiger partial charge >= 0.3 is 0 Å². The molecule has 1 fully saturated rings. The minimum atomic E-state index is -0.982. The smallest absolute Gasteiger partial charge is 0.255 e. The van der Waals surface area contributed by atoms with E-state index < -0.39 is 22.4 Å². The fourth-order valence-electron chi connectivity index (χ4n) is 1.89. The molecule has 0 radical (unpaired) electrons. The molecule has 1 heterocycles. The van der Waals surface area contributed by atoms with Crippen molar-refractivity contribution in [2.45, 2.75) is 12.8 Å². The predicted molar refractivity (Wildman–Crippen MR) is 58.0 cm³/mol. The highest BCUT2D eigenvalue weighted by Crippen LogP contribution is 2.26. The number of hydrogen-bond acceptors (Lipinski definition) is 2. The van der Waals surface area contributed by atoms with E-state index >= 15 is 0 Å². The van der Waals surface area contributed by atoms with Crippen molar-refractivity contribution in [1.82, 2.24) is 0 Å². The van der Waals surface area contributed by atoms with Gasteiger partial charge < -0.3 is 4.90 Å². The zero-order valence-corrected chi connectivity index (χ0v) is 9.23. The van der Waals surface area contributed by atoms with E-state index in [-0.39, 0.29) is 5.69 Å². The van der Waals surface area contributed by atoms with Crippen LogP contribution in [0.1, 0.15) is 23.2 Å². The van der Waals surface area contributed by atoms with Crippen LogP contribution in [-0.2, 0) is 0 Å². The van der Waals surface area contributed by atoms with Gasteiger partial charge in [0, 0.05) is 19.2 Å². The molecule has 0 unspecified atom stereocenters. The summed E-state index contributed by atoms with van der Waals surface area (Å²) >= 11 is 5.13. The lowest BCUT2D eigenvalue weighted by atomic mass is 10.2. The van der Waals surface area contributed by atoms with Gasteiger partial charge in [-0.15, -0.1) is 0 Å². The van der Waals surface area contributed by atoms with Gasteiger partial charge in [0.1, 0.15) is 11.6 Å². The lowest BCUT2D eigenvalue weighted by molar-refractivity contribution is 0.107. The van der Waals surface area contributed by atoms with Gasteiger partial charge in [-0.25, -0.2) is 8.78 Å². The molecule has 0 bridgehead atoms. The van der Waals surface area contributed by atoms with Crippen LogP contribution in [0.25, 0.3) is 0 Å². The van der Waals surface area contributed by atoms with E-state index in [2.05, 4.69) is 0 Å². The molecule has 1 aromatic rings. The van der Waals surface area contributed by atoms with Crippen LogP contribution >= 0.6 is 11.6 Å². The Bertz CT molecular complexity index is 430. The maximum atomic E-state index is 13.6. The topological polar surface area (TPSA) is 20.3 Å². The predicted octanol–water partition coefficient (Wildman–Crippen LogP) is 2.94. The van der Waals surface area contributed by atoms with Gasteiger partial charge in [-0.3, -0.25) is 4.79 Å². The van der Waals surface area contributed by atoms with Gasteiger partial charge in [0.05, 0.1) is 11.3 Å². The number of benzene rings is 1. The van der Waals surface area contributed by atoms with E-state index in [0.29, 0.717) is 13.1 Å². The van der Waals surface area contributed by atoms with Crippen molar-refractivity contribution in [3.63, 3.8) is 0 Å². The summed E-state index contributed by atoms with van der Waals surface area (Å²) in [5.41, 5.74) is -0.209. The number of hydrogen-bond donors (Lipinski definition) is 0. The lowest BCUT2D eigenvalue weighted by Crippen LogP contribution is -2.19. The van der Waals surface area contributed by atoms with Crippen molar-refractivity contribution in [3.05, 3.63) is 29.3 Å². The van der Waals surface area contributed by atoms with E-state index in [1.54, 1.807) is 4.90 Å². The first-order valence-corrected chi connectivity index (χ1v) is 5.41. The molecule has 1 aromatic carbocycles. The molecule has 0 aliphatic carbocycles. The Morgan fingerprint density at radius 2 is 1.81 bits per heavy atom. The number of carbonyl (C=O) groups is 1.